The summed E-state index contributed by atoms with van der Waals surface area (Å²) in [7, 11) is 0. The quantitative estimate of drug-likeness (QED) is 0.675. The van der Waals surface area contributed by atoms with E-state index in [9.17, 15) is 9.59 Å². The molecular formula is C14H24N2O3. The predicted molar refractivity (Wildman–Crippen MR) is 71.7 cm³/mol. The van der Waals surface area contributed by atoms with E-state index in [4.69, 9.17) is 5.11 Å². The number of carboxylic acids is 1. The molecule has 2 aliphatic rings. The predicted octanol–water partition coefficient (Wildman–Crippen LogP) is 1.14. The lowest BCUT2D eigenvalue weighted by molar-refractivity contribution is -0.142. The number of unbranched alkanes of at least 4 members (excludes halogenated alkanes) is 1. The molecule has 1 heterocycles. The Morgan fingerprint density at radius 1 is 1.42 bits per heavy atom. The minimum Gasteiger partial charge on any atom is -0.480 e. The third-order valence-electron chi connectivity index (χ3n) is 4.57. The number of carbonyl (C=O) groups excluding carboxylic acids is 1. The Hall–Kier alpha value is -1.10. The summed E-state index contributed by atoms with van der Waals surface area (Å²) >= 11 is 0. The van der Waals surface area contributed by atoms with Crippen molar-refractivity contribution in [3.63, 3.8) is 0 Å². The summed E-state index contributed by atoms with van der Waals surface area (Å²) in [5.74, 6) is -0.926. The molecule has 5 heteroatoms. The van der Waals surface area contributed by atoms with Crippen molar-refractivity contribution in [1.82, 2.24) is 10.6 Å². The molecule has 2 atom stereocenters. The van der Waals surface area contributed by atoms with Gasteiger partial charge in [0.2, 0.25) is 5.91 Å². The standard InChI is InChI=1S/C14H24N2O3/c1-2-3-4-11(13(18)19)16-12(17)10-9-14(10)5-7-15-8-6-14/h10-11,15H,2-9H2,1H3,(H,16,17)(H,18,19). The number of carbonyl (C=O) groups is 2. The first-order chi connectivity index (χ1) is 9.09. The van der Waals surface area contributed by atoms with Crippen molar-refractivity contribution in [3.8, 4) is 0 Å². The first-order valence-electron chi connectivity index (χ1n) is 7.33. The first kappa shape index (κ1) is 14.3. The summed E-state index contributed by atoms with van der Waals surface area (Å²) in [6, 6.07) is -0.716. The molecule has 0 aromatic carbocycles. The average molecular weight is 268 g/mol. The van der Waals surface area contributed by atoms with Crippen LogP contribution in [0.1, 0.15) is 45.4 Å². The fourth-order valence-corrected chi connectivity index (χ4v) is 3.13. The summed E-state index contributed by atoms with van der Waals surface area (Å²) in [6.45, 7) is 3.97. The highest BCUT2D eigenvalue weighted by Crippen LogP contribution is 2.58. The van der Waals surface area contributed by atoms with Crippen molar-refractivity contribution in [3.05, 3.63) is 0 Å². The Kier molecular flexibility index (Phi) is 4.45. The van der Waals surface area contributed by atoms with Gasteiger partial charge in [-0.05, 0) is 44.2 Å². The van der Waals surface area contributed by atoms with Crippen LogP contribution in [0, 0.1) is 11.3 Å². The van der Waals surface area contributed by atoms with E-state index < -0.39 is 12.0 Å². The number of aliphatic carboxylic acids is 1. The van der Waals surface area contributed by atoms with Gasteiger partial charge >= 0.3 is 5.97 Å². The van der Waals surface area contributed by atoms with Gasteiger partial charge in [0.25, 0.3) is 0 Å². The minimum absolute atomic E-state index is 0.0399. The third kappa shape index (κ3) is 3.26. The molecule has 108 valence electrons. The van der Waals surface area contributed by atoms with Gasteiger partial charge in [0.1, 0.15) is 6.04 Å². The van der Waals surface area contributed by atoms with E-state index in [2.05, 4.69) is 10.6 Å². The molecule has 1 aliphatic carbocycles. The SMILES string of the molecule is CCCCC(NC(=O)C1CC12CCNCC2)C(=O)O. The number of hydrogen-bond acceptors (Lipinski definition) is 3. The monoisotopic (exact) mass is 268 g/mol. The van der Waals surface area contributed by atoms with Crippen molar-refractivity contribution in [2.45, 2.75) is 51.5 Å². The highest BCUT2D eigenvalue weighted by atomic mass is 16.4. The molecule has 0 aromatic rings. The molecule has 0 radical (unpaired) electrons. The van der Waals surface area contributed by atoms with E-state index in [1.165, 1.54) is 0 Å². The van der Waals surface area contributed by atoms with E-state index >= 15 is 0 Å². The van der Waals surface area contributed by atoms with Gasteiger partial charge < -0.3 is 15.7 Å². The number of amides is 1. The fourth-order valence-electron chi connectivity index (χ4n) is 3.13. The average Bonchev–Trinajstić information content (AvgIpc) is 3.08. The molecule has 2 unspecified atom stereocenters. The van der Waals surface area contributed by atoms with Crippen molar-refractivity contribution in [2.24, 2.45) is 11.3 Å². The maximum Gasteiger partial charge on any atom is 0.326 e. The second-order valence-corrected chi connectivity index (χ2v) is 5.91. The molecule has 1 spiro atoms. The molecule has 2 fully saturated rings. The van der Waals surface area contributed by atoms with E-state index in [1.54, 1.807) is 0 Å². The number of carboxylic acid groups (broad SMARTS) is 1. The Balaban J connectivity index is 1.84. The highest BCUT2D eigenvalue weighted by molar-refractivity contribution is 5.87. The van der Waals surface area contributed by atoms with Crippen LogP contribution in [0.25, 0.3) is 0 Å². The lowest BCUT2D eigenvalue weighted by Crippen LogP contribution is -2.43. The fraction of sp³-hybridized carbons (Fsp3) is 0.857. The molecule has 1 aliphatic heterocycles. The largest absolute Gasteiger partial charge is 0.480 e. The van der Waals surface area contributed by atoms with Gasteiger partial charge in [-0.2, -0.15) is 0 Å². The smallest absolute Gasteiger partial charge is 0.326 e. The van der Waals surface area contributed by atoms with Gasteiger partial charge in [0, 0.05) is 5.92 Å². The van der Waals surface area contributed by atoms with Gasteiger partial charge in [0.05, 0.1) is 0 Å². The number of piperidine rings is 1. The van der Waals surface area contributed by atoms with Crippen molar-refractivity contribution < 1.29 is 14.7 Å². The second kappa shape index (κ2) is 5.90. The van der Waals surface area contributed by atoms with Gasteiger partial charge in [0.15, 0.2) is 0 Å². The van der Waals surface area contributed by atoms with Gasteiger partial charge in [-0.15, -0.1) is 0 Å². The lowest BCUT2D eigenvalue weighted by Gasteiger charge is -2.23. The van der Waals surface area contributed by atoms with Crippen LogP contribution in [0.2, 0.25) is 0 Å². The first-order valence-corrected chi connectivity index (χ1v) is 7.33. The van der Waals surface area contributed by atoms with Crippen molar-refractivity contribution >= 4 is 11.9 Å². The summed E-state index contributed by atoms with van der Waals surface area (Å²) in [6.07, 6.45) is 5.31. The maximum atomic E-state index is 12.2. The van der Waals surface area contributed by atoms with Gasteiger partial charge in [-0.3, -0.25) is 4.79 Å². The molecule has 0 aromatic heterocycles. The third-order valence-corrected chi connectivity index (χ3v) is 4.57. The molecule has 0 bridgehead atoms. The second-order valence-electron chi connectivity index (χ2n) is 5.91. The van der Waals surface area contributed by atoms with Crippen LogP contribution in [0.5, 0.6) is 0 Å². The van der Waals surface area contributed by atoms with Crippen molar-refractivity contribution in [1.29, 1.82) is 0 Å². The molecule has 1 saturated heterocycles. The Morgan fingerprint density at radius 2 is 2.11 bits per heavy atom. The Morgan fingerprint density at radius 3 is 2.68 bits per heavy atom. The van der Waals surface area contributed by atoms with Crippen molar-refractivity contribution in [2.75, 3.05) is 13.1 Å². The van der Waals surface area contributed by atoms with Crippen LogP contribution in [0.4, 0.5) is 0 Å². The van der Waals surface area contributed by atoms with Gasteiger partial charge in [-0.1, -0.05) is 19.8 Å². The minimum atomic E-state index is -0.915. The van der Waals surface area contributed by atoms with Crippen LogP contribution in [0.15, 0.2) is 0 Å². The number of nitrogens with one attached hydrogen (secondary N) is 2. The van der Waals surface area contributed by atoms with E-state index in [1.807, 2.05) is 6.92 Å². The van der Waals surface area contributed by atoms with Gasteiger partial charge in [-0.25, -0.2) is 4.79 Å². The van der Waals surface area contributed by atoms with Crippen LogP contribution < -0.4 is 10.6 Å². The topological polar surface area (TPSA) is 78.4 Å². The zero-order valence-electron chi connectivity index (χ0n) is 11.6. The summed E-state index contributed by atoms with van der Waals surface area (Å²) in [5.41, 5.74) is 0.170. The lowest BCUT2D eigenvalue weighted by atomic mass is 9.91. The van der Waals surface area contributed by atoms with E-state index in [0.717, 1.165) is 45.2 Å². The van der Waals surface area contributed by atoms with Crippen LogP contribution in [-0.2, 0) is 9.59 Å². The number of rotatable bonds is 6. The molecule has 1 saturated carbocycles. The Labute approximate surface area is 114 Å². The Bertz CT molecular complexity index is 351. The summed E-state index contributed by atoms with van der Waals surface area (Å²) in [5, 5.41) is 15.2. The molecule has 2 rings (SSSR count). The van der Waals surface area contributed by atoms with Crippen LogP contribution in [0.3, 0.4) is 0 Å². The van der Waals surface area contributed by atoms with Crippen LogP contribution >= 0.6 is 0 Å². The summed E-state index contributed by atoms with van der Waals surface area (Å²) in [4.78, 5) is 23.3. The summed E-state index contributed by atoms with van der Waals surface area (Å²) < 4.78 is 0. The number of hydrogen-bond donors (Lipinski definition) is 3. The van der Waals surface area contributed by atoms with E-state index in [-0.39, 0.29) is 17.2 Å². The normalized spacial score (nSPS) is 25.8. The molecular weight excluding hydrogens is 244 g/mol. The highest BCUT2D eigenvalue weighted by Gasteiger charge is 2.57. The molecule has 3 N–H and O–H groups in total. The maximum absolute atomic E-state index is 12.2. The van der Waals surface area contributed by atoms with E-state index in [0.29, 0.717) is 6.42 Å². The molecule has 1 amide bonds. The molecule has 5 nitrogen and oxygen atoms in total. The zero-order chi connectivity index (χ0) is 13.9. The van der Waals surface area contributed by atoms with Crippen LogP contribution in [-0.4, -0.2) is 36.1 Å². The zero-order valence-corrected chi connectivity index (χ0v) is 11.6. The molecule has 19 heavy (non-hydrogen) atoms.